The number of unbranched alkanes of at least 4 members (excludes halogenated alkanes) is 2. The molecule has 0 saturated heterocycles. The molecule has 0 aliphatic heterocycles. The van der Waals surface area contributed by atoms with Crippen molar-refractivity contribution in [3.63, 3.8) is 0 Å². The van der Waals surface area contributed by atoms with Crippen LogP contribution in [0.1, 0.15) is 269 Å². The molecule has 0 bridgehead atoms. The SMILES string of the molecule is CC1=CC(=O)C(C)c2c1ccc(OS(N)(=O)=O)c2O.CC1C(=O)C2=C(CCCC2)c2ccc(OS(N)(=O)=O)cc21.CC1C(=O)C=Cc2c1cc(OS(N)(=O)=O)c1c2CCCC1.CCC1C(=O)c2ccccc2-c2ccc(OS(N)(=O)=O)cc21.CCCCCC1=Cc2ccc(OS(N)(=O)=O)cc2C(CC)C1=O.NS(=O)(=O)Oc1ccc2c(c1)C(c1ccccc1)C(=O)C1=C2CCC1. The molecule has 31 nitrogen and oxygen atoms in total. The number of benzene rings is 8. The maximum atomic E-state index is 13.1. The van der Waals surface area contributed by atoms with Crippen LogP contribution in [0.2, 0.25) is 0 Å². The van der Waals surface area contributed by atoms with Crippen molar-refractivity contribution < 1.29 is 109 Å². The number of nitrogens with two attached hydrogens (primary N) is 6. The minimum atomic E-state index is -4.23. The molecule has 6 atom stereocenters. The number of aromatic hydroxyl groups is 1. The molecular formula is C94H102N6O25S6. The molecule has 8 aromatic carbocycles. The molecule has 13 N–H and O–H groups in total. The lowest BCUT2D eigenvalue weighted by Gasteiger charge is -2.30. The first-order chi connectivity index (χ1) is 61.6. The number of hydrogen-bond donors (Lipinski definition) is 7. The number of carbonyl (C=O) groups excluding carboxylic acids is 6. The smallest absolute Gasteiger partial charge is 0.380 e. The molecule has 0 spiro atoms. The molecule has 0 fully saturated rings. The Morgan fingerprint density at radius 1 is 0.374 bits per heavy atom. The molecule has 0 aromatic heterocycles. The van der Waals surface area contributed by atoms with Crippen molar-refractivity contribution in [2.75, 3.05) is 0 Å². The Morgan fingerprint density at radius 3 is 1.41 bits per heavy atom. The summed E-state index contributed by atoms with van der Waals surface area (Å²) in [4.78, 5) is 74.5. The second kappa shape index (κ2) is 40.3. The van der Waals surface area contributed by atoms with Crippen LogP contribution < -0.4 is 55.9 Å². The molecule has 17 rings (SSSR count). The highest BCUT2D eigenvalue weighted by Gasteiger charge is 2.40. The molecule has 6 unspecified atom stereocenters. The predicted molar refractivity (Wildman–Crippen MR) is 495 cm³/mol. The normalized spacial score (nSPS) is 19.2. The van der Waals surface area contributed by atoms with Gasteiger partial charge in [0.05, 0.1) is 5.92 Å². The van der Waals surface area contributed by atoms with Gasteiger partial charge in [-0.1, -0.05) is 145 Å². The van der Waals surface area contributed by atoms with Gasteiger partial charge in [0.25, 0.3) is 0 Å². The third-order valence-electron chi connectivity index (χ3n) is 24.1. The standard InChI is InChI=1S/C19H17NO4S.C17H23NO4S.C16H15NO4S.2C15H17NO4S.C12H13NO5S/c20-25(22,23)24-13-9-10-15-14-7-4-8-16(14)19(21)18(17(15)11-13)12-5-2-1-3-6-12;1-3-5-6-7-13-10-12-8-9-14(22-23(18,20)21)11-16(12)15(4-2)17(13)19;1-2-11-15-9-10(21-22(17,19)20)7-8-13(15)12-5-3-4-6-14(12)16(11)18;1-9-14-8-10(20-21(16,18)19)6-7-12(14)11-4-2-3-5-13(11)15(9)17;1-9-13-8-15(20-21(16,18)19)12-5-3-2-4-10(12)11(13)6-7-14(9)17;1-6-5-9(14)7(2)11-8(6)3-4-10(12(11)15)18-19(13,16)17/h1-3,5-6,9-11,18H,4,7-8H2,(H2,20,22,23);8-11,15H,3-7H2,1-2H3,(H2,18,20,21);3-9,11H,2H2,1H3,(H2,17,19,20);2*6-9H,2-5H2,1H3,(H2,16,18,19);3-5,7,15H,1-2H3,(H2,13,16,17). The quantitative estimate of drug-likeness (QED) is 0.0370. The van der Waals surface area contributed by atoms with Crippen LogP contribution in [-0.4, -0.2) is 90.3 Å². The van der Waals surface area contributed by atoms with Gasteiger partial charge in [-0.2, -0.15) is 81.3 Å². The fourth-order valence-corrected chi connectivity index (χ4v) is 20.5. The van der Waals surface area contributed by atoms with Crippen LogP contribution in [0.4, 0.5) is 0 Å². The van der Waals surface area contributed by atoms with Gasteiger partial charge in [0.2, 0.25) is 0 Å². The summed E-state index contributed by atoms with van der Waals surface area (Å²) in [5.41, 5.74) is 20.0. The average molecular weight is 1910 g/mol. The van der Waals surface area contributed by atoms with E-state index in [2.05, 4.69) is 11.1 Å². The minimum absolute atomic E-state index is 0.0137. The van der Waals surface area contributed by atoms with Gasteiger partial charge in [-0.25, -0.2) is 0 Å². The first kappa shape index (κ1) is 98.6. The van der Waals surface area contributed by atoms with E-state index in [1.54, 1.807) is 92.7 Å². The van der Waals surface area contributed by atoms with E-state index in [0.29, 0.717) is 35.1 Å². The average Bonchev–Trinajstić information content (AvgIpc) is 1.59. The first-order valence-corrected chi connectivity index (χ1v) is 51.3. The largest absolute Gasteiger partial charge is 0.504 e. The summed E-state index contributed by atoms with van der Waals surface area (Å²) in [6.45, 7) is 13.0. The molecule has 0 saturated carbocycles. The molecule has 37 heteroatoms. The molecular weight excluding hydrogens is 1810 g/mol. The van der Waals surface area contributed by atoms with E-state index in [-0.39, 0.29) is 98.6 Å². The third kappa shape index (κ3) is 23.7. The fraction of sp³-hybridized carbons (Fsp3) is 0.319. The first-order valence-electron chi connectivity index (χ1n) is 42.5. The highest BCUT2D eigenvalue weighted by molar-refractivity contribution is 7.86. The lowest BCUT2D eigenvalue weighted by atomic mass is 9.73. The van der Waals surface area contributed by atoms with Crippen molar-refractivity contribution in [1.82, 2.24) is 0 Å². The molecule has 0 heterocycles. The Bertz CT molecular complexity index is 6870. The third-order valence-corrected chi connectivity index (χ3v) is 26.6. The van der Waals surface area contributed by atoms with Crippen molar-refractivity contribution in [3.8, 4) is 51.4 Å². The van der Waals surface area contributed by atoms with E-state index in [0.717, 1.165) is 202 Å². The summed E-state index contributed by atoms with van der Waals surface area (Å²) in [5, 5.41) is 39.5. The van der Waals surface area contributed by atoms with Gasteiger partial charge in [0.1, 0.15) is 28.7 Å². The second-order valence-corrected chi connectivity index (χ2v) is 39.8. The Labute approximate surface area is 762 Å². The molecule has 8 aromatic rings. The van der Waals surface area contributed by atoms with E-state index in [1.807, 2.05) is 107 Å². The lowest BCUT2D eigenvalue weighted by molar-refractivity contribution is -0.117. The zero-order chi connectivity index (χ0) is 95.3. The summed E-state index contributed by atoms with van der Waals surface area (Å²) < 4.78 is 162. The number of phenolic OH excluding ortho intramolecular Hbond substituents is 1. The summed E-state index contributed by atoms with van der Waals surface area (Å²) >= 11 is 0. The van der Waals surface area contributed by atoms with E-state index in [1.165, 1.54) is 12.1 Å². The van der Waals surface area contributed by atoms with Crippen molar-refractivity contribution in [2.24, 2.45) is 30.8 Å². The molecule has 9 aliphatic carbocycles. The number of rotatable bonds is 19. The van der Waals surface area contributed by atoms with E-state index in [9.17, 15) is 84.4 Å². The Balaban J connectivity index is 0.000000142. The zero-order valence-corrected chi connectivity index (χ0v) is 77.7. The highest BCUT2D eigenvalue weighted by Crippen LogP contribution is 2.51. The van der Waals surface area contributed by atoms with Gasteiger partial charge in [-0.3, -0.25) is 28.8 Å². The van der Waals surface area contributed by atoms with E-state index in [4.69, 9.17) is 51.7 Å². The summed E-state index contributed by atoms with van der Waals surface area (Å²) in [5.74, 6) is -1.74. The van der Waals surface area contributed by atoms with Crippen molar-refractivity contribution >= 4 is 125 Å². The molecule has 0 radical (unpaired) electrons. The van der Waals surface area contributed by atoms with Gasteiger partial charge in [0, 0.05) is 40.7 Å². The van der Waals surface area contributed by atoms with Gasteiger partial charge >= 0.3 is 61.8 Å². The maximum absolute atomic E-state index is 13.1. The van der Waals surface area contributed by atoms with Gasteiger partial charge in [0.15, 0.2) is 46.2 Å². The van der Waals surface area contributed by atoms with Crippen LogP contribution in [0.3, 0.4) is 0 Å². The summed E-state index contributed by atoms with van der Waals surface area (Å²) in [6, 6.07) is 41.4. The van der Waals surface area contributed by atoms with Crippen LogP contribution in [0.5, 0.6) is 40.2 Å². The highest BCUT2D eigenvalue weighted by atomic mass is 32.3. The van der Waals surface area contributed by atoms with Gasteiger partial charge in [-0.15, -0.1) is 0 Å². The number of allylic oxidation sites excluding steroid dienone is 8. The van der Waals surface area contributed by atoms with Crippen LogP contribution in [0, 0.1) is 0 Å². The van der Waals surface area contributed by atoms with Gasteiger partial charge < -0.3 is 30.2 Å². The number of phenols is 1. The summed E-state index contributed by atoms with van der Waals surface area (Å²) in [6.07, 6.45) is 22.3. The minimum Gasteiger partial charge on any atom is -0.504 e. The predicted octanol–water partition coefficient (Wildman–Crippen LogP) is 14.0. The van der Waals surface area contributed by atoms with E-state index < -0.39 is 73.7 Å². The van der Waals surface area contributed by atoms with Crippen molar-refractivity contribution in [1.29, 1.82) is 0 Å². The fourth-order valence-electron chi connectivity index (χ4n) is 18.3. The van der Waals surface area contributed by atoms with Crippen molar-refractivity contribution in [3.05, 3.63) is 258 Å². The number of ketones is 6. The number of Topliss-reactive ketones (excluding diaryl/α,β-unsaturated/α-hetero) is 4. The number of fused-ring (bicyclic) bond motifs is 12. The number of carbonyl (C=O) groups is 6. The van der Waals surface area contributed by atoms with Crippen molar-refractivity contribution in [2.45, 2.75) is 193 Å². The van der Waals surface area contributed by atoms with E-state index >= 15 is 0 Å². The monoisotopic (exact) mass is 1910 g/mol. The van der Waals surface area contributed by atoms with Crippen LogP contribution >= 0.6 is 0 Å². The second-order valence-electron chi connectivity index (χ2n) is 32.9. The topological polar surface area (TPSA) is 539 Å². The molecule has 9 aliphatic rings. The maximum Gasteiger partial charge on any atom is 0.380 e. The van der Waals surface area contributed by atoms with Crippen LogP contribution in [-0.2, 0) is 98.6 Å². The molecule has 694 valence electrons. The van der Waals surface area contributed by atoms with Crippen LogP contribution in [0.15, 0.2) is 174 Å². The number of hydrogen-bond acceptors (Lipinski definition) is 25. The Morgan fingerprint density at radius 2 is 0.840 bits per heavy atom. The van der Waals surface area contributed by atoms with Gasteiger partial charge in [-0.05, 0) is 299 Å². The lowest BCUT2D eigenvalue weighted by Crippen LogP contribution is -2.23. The Hall–Kier alpha value is -11.5. The Kier molecular flexibility index (Phi) is 30.3. The van der Waals surface area contributed by atoms with Crippen LogP contribution in [0.25, 0.3) is 40.0 Å². The zero-order valence-electron chi connectivity index (χ0n) is 72.8. The molecule has 0 amide bonds. The molecule has 131 heavy (non-hydrogen) atoms. The summed E-state index contributed by atoms with van der Waals surface area (Å²) in [7, 11) is -24.6.